The number of hydrogen-bond donors (Lipinski definition) is 1. The van der Waals surface area contributed by atoms with Gasteiger partial charge in [0.05, 0.1) is 9.40 Å². The molecule has 1 N–H and O–H groups in total. The summed E-state index contributed by atoms with van der Waals surface area (Å²) in [5.74, 6) is 0. The summed E-state index contributed by atoms with van der Waals surface area (Å²) in [4.78, 5) is 14.2. The molecule has 0 aliphatic rings. The minimum absolute atomic E-state index is 0.0383. The molecule has 6 nitrogen and oxygen atoms in total. The van der Waals surface area contributed by atoms with Gasteiger partial charge in [0.15, 0.2) is 0 Å². The molecular weight excluding hydrogens is 290 g/mol. The summed E-state index contributed by atoms with van der Waals surface area (Å²) in [6.07, 6.45) is 3.52. The number of halogens is 1. The Bertz CT molecular complexity index is 400. The number of hydrogen-bond acceptors (Lipinski definition) is 5. The number of anilines is 1. The lowest BCUT2D eigenvalue weighted by Crippen LogP contribution is -2.18. The Hall–Kier alpha value is -1.21. The highest BCUT2D eigenvalue weighted by atomic mass is 79.9. The Morgan fingerprint density at radius 2 is 2.35 bits per heavy atom. The van der Waals surface area contributed by atoms with Crippen molar-refractivity contribution in [1.29, 1.82) is 0 Å². The average molecular weight is 304 g/mol. The van der Waals surface area contributed by atoms with E-state index in [1.807, 2.05) is 6.92 Å². The average Bonchev–Trinajstić information content (AvgIpc) is 2.28. The summed E-state index contributed by atoms with van der Waals surface area (Å²) in [7, 11) is 1.62. The molecule has 1 atom stereocenters. The normalized spacial score (nSPS) is 12.2. The Kier molecular flexibility index (Phi) is 5.30. The van der Waals surface area contributed by atoms with Crippen LogP contribution >= 0.6 is 15.9 Å². The van der Waals surface area contributed by atoms with Gasteiger partial charge in [-0.25, -0.2) is 0 Å². The van der Waals surface area contributed by atoms with Gasteiger partial charge in [0.25, 0.3) is 0 Å². The minimum Gasteiger partial charge on any atom is -0.385 e. The molecule has 0 saturated heterocycles. The zero-order valence-electron chi connectivity index (χ0n) is 9.64. The van der Waals surface area contributed by atoms with Crippen molar-refractivity contribution in [1.82, 2.24) is 4.98 Å². The van der Waals surface area contributed by atoms with Crippen LogP contribution in [0.3, 0.4) is 0 Å². The van der Waals surface area contributed by atoms with Crippen LogP contribution in [0.2, 0.25) is 0 Å². The van der Waals surface area contributed by atoms with Gasteiger partial charge in [-0.05, 0) is 29.3 Å². The maximum Gasteiger partial charge on any atom is 0.311 e. The molecule has 1 heterocycles. The first-order chi connectivity index (χ1) is 8.06. The Morgan fingerprint density at radius 3 is 2.94 bits per heavy atom. The molecule has 1 aromatic rings. The summed E-state index contributed by atoms with van der Waals surface area (Å²) in [6, 6.07) is 0.0762. The smallest absolute Gasteiger partial charge is 0.311 e. The predicted molar refractivity (Wildman–Crippen MR) is 68.2 cm³/mol. The molecule has 0 aromatic carbocycles. The number of pyridine rings is 1. The molecule has 94 valence electrons. The number of ether oxygens (including phenoxy) is 1. The van der Waals surface area contributed by atoms with E-state index in [1.165, 1.54) is 12.4 Å². The molecule has 0 bridgehead atoms. The quantitative estimate of drug-likeness (QED) is 0.645. The molecule has 0 aliphatic carbocycles. The van der Waals surface area contributed by atoms with Crippen molar-refractivity contribution in [2.45, 2.75) is 19.4 Å². The van der Waals surface area contributed by atoms with Crippen LogP contribution in [0.4, 0.5) is 11.4 Å². The largest absolute Gasteiger partial charge is 0.385 e. The van der Waals surface area contributed by atoms with Crippen LogP contribution in [0.15, 0.2) is 16.9 Å². The molecule has 0 amide bonds. The fourth-order valence-electron chi connectivity index (χ4n) is 1.32. The highest BCUT2D eigenvalue weighted by Gasteiger charge is 2.18. The standard InChI is InChI=1S/C10H14BrN3O3/c1-7(3-4-17-2)13-10-8(11)5-12-6-9(10)14(15)16/h5-7H,3-4H2,1-2H3,(H,12,13). The van der Waals surface area contributed by atoms with Crippen LogP contribution in [-0.4, -0.2) is 29.7 Å². The van der Waals surface area contributed by atoms with Crippen LogP contribution in [0.5, 0.6) is 0 Å². The fourth-order valence-corrected chi connectivity index (χ4v) is 1.76. The number of nitrogens with one attached hydrogen (secondary N) is 1. The van der Waals surface area contributed by atoms with Crippen molar-refractivity contribution in [3.05, 3.63) is 27.0 Å². The Labute approximate surface area is 108 Å². The van der Waals surface area contributed by atoms with Crippen molar-refractivity contribution in [3.8, 4) is 0 Å². The van der Waals surface area contributed by atoms with E-state index in [-0.39, 0.29) is 11.7 Å². The van der Waals surface area contributed by atoms with Crippen molar-refractivity contribution in [2.24, 2.45) is 0 Å². The van der Waals surface area contributed by atoms with Crippen LogP contribution in [0, 0.1) is 10.1 Å². The van der Waals surface area contributed by atoms with Crippen molar-refractivity contribution < 1.29 is 9.66 Å². The number of nitrogens with zero attached hydrogens (tertiary/aromatic N) is 2. The van der Waals surface area contributed by atoms with Crippen LogP contribution in [0.1, 0.15) is 13.3 Å². The molecule has 0 spiro atoms. The van der Waals surface area contributed by atoms with Gasteiger partial charge in [0, 0.05) is 26.0 Å². The lowest BCUT2D eigenvalue weighted by atomic mass is 10.2. The molecule has 0 radical (unpaired) electrons. The molecule has 0 fully saturated rings. The zero-order chi connectivity index (χ0) is 12.8. The van der Waals surface area contributed by atoms with Gasteiger partial charge in [-0.15, -0.1) is 0 Å². The van der Waals surface area contributed by atoms with Crippen LogP contribution < -0.4 is 5.32 Å². The first-order valence-electron chi connectivity index (χ1n) is 5.09. The van der Waals surface area contributed by atoms with Crippen LogP contribution in [-0.2, 0) is 4.74 Å². The molecule has 0 saturated carbocycles. The summed E-state index contributed by atoms with van der Waals surface area (Å²) < 4.78 is 5.54. The highest BCUT2D eigenvalue weighted by Crippen LogP contribution is 2.31. The molecule has 1 aromatic heterocycles. The highest BCUT2D eigenvalue weighted by molar-refractivity contribution is 9.10. The van der Waals surface area contributed by atoms with Gasteiger partial charge >= 0.3 is 5.69 Å². The number of nitro groups is 1. The van der Waals surface area contributed by atoms with Gasteiger partial charge in [-0.2, -0.15) is 0 Å². The van der Waals surface area contributed by atoms with Gasteiger partial charge in [0.1, 0.15) is 11.9 Å². The Balaban J connectivity index is 2.85. The molecule has 1 unspecified atom stereocenters. The van der Waals surface area contributed by atoms with Gasteiger partial charge < -0.3 is 10.1 Å². The van der Waals surface area contributed by atoms with Gasteiger partial charge in [-0.1, -0.05) is 0 Å². The van der Waals surface area contributed by atoms with E-state index in [4.69, 9.17) is 4.74 Å². The monoisotopic (exact) mass is 303 g/mol. The first-order valence-corrected chi connectivity index (χ1v) is 5.89. The van der Waals surface area contributed by atoms with E-state index in [1.54, 1.807) is 7.11 Å². The number of rotatable bonds is 6. The van der Waals surface area contributed by atoms with Crippen molar-refractivity contribution >= 4 is 27.3 Å². The van der Waals surface area contributed by atoms with E-state index in [9.17, 15) is 10.1 Å². The maximum atomic E-state index is 10.8. The van der Waals surface area contributed by atoms with Crippen molar-refractivity contribution in [2.75, 3.05) is 19.0 Å². The van der Waals surface area contributed by atoms with Crippen LogP contribution in [0.25, 0.3) is 0 Å². The third kappa shape index (κ3) is 3.94. The lowest BCUT2D eigenvalue weighted by Gasteiger charge is -2.15. The molecule has 7 heteroatoms. The SMILES string of the molecule is COCCC(C)Nc1c(Br)cncc1[N+](=O)[O-]. The molecule has 1 rings (SSSR count). The predicted octanol–water partition coefficient (Wildman–Crippen LogP) is 2.59. The Morgan fingerprint density at radius 1 is 1.65 bits per heavy atom. The van der Waals surface area contributed by atoms with E-state index in [0.717, 1.165) is 6.42 Å². The van der Waals surface area contributed by atoms with Crippen molar-refractivity contribution in [3.63, 3.8) is 0 Å². The topological polar surface area (TPSA) is 77.3 Å². The van der Waals surface area contributed by atoms with E-state index < -0.39 is 4.92 Å². The molecule has 0 aliphatic heterocycles. The lowest BCUT2D eigenvalue weighted by molar-refractivity contribution is -0.384. The first kappa shape index (κ1) is 13.9. The van der Waals surface area contributed by atoms with E-state index >= 15 is 0 Å². The summed E-state index contributed by atoms with van der Waals surface area (Å²) in [5.41, 5.74) is 0.414. The third-order valence-corrected chi connectivity index (χ3v) is 2.82. The fraction of sp³-hybridized carbons (Fsp3) is 0.500. The second kappa shape index (κ2) is 6.51. The maximum absolute atomic E-state index is 10.8. The second-order valence-electron chi connectivity index (χ2n) is 3.60. The summed E-state index contributed by atoms with van der Waals surface area (Å²) in [6.45, 7) is 2.54. The third-order valence-electron chi connectivity index (χ3n) is 2.22. The van der Waals surface area contributed by atoms with Gasteiger partial charge in [0.2, 0.25) is 0 Å². The van der Waals surface area contributed by atoms with E-state index in [2.05, 4.69) is 26.2 Å². The summed E-state index contributed by atoms with van der Waals surface area (Å²) >= 11 is 3.25. The minimum atomic E-state index is -0.455. The zero-order valence-corrected chi connectivity index (χ0v) is 11.2. The number of aromatic nitrogens is 1. The van der Waals surface area contributed by atoms with E-state index in [0.29, 0.717) is 16.8 Å². The number of methoxy groups -OCH3 is 1. The molecular formula is C10H14BrN3O3. The second-order valence-corrected chi connectivity index (χ2v) is 4.45. The summed E-state index contributed by atoms with van der Waals surface area (Å²) in [5, 5.41) is 13.9. The molecule has 17 heavy (non-hydrogen) atoms. The van der Waals surface area contributed by atoms with Gasteiger partial charge in [-0.3, -0.25) is 15.1 Å².